The van der Waals surface area contributed by atoms with Crippen molar-refractivity contribution in [3.63, 3.8) is 0 Å². The maximum Gasteiger partial charge on any atom is 0.226 e. The lowest BCUT2D eigenvalue weighted by Gasteiger charge is -2.52. The van der Waals surface area contributed by atoms with E-state index in [9.17, 15) is 4.79 Å². The topological polar surface area (TPSA) is 23.6 Å². The first-order valence-corrected chi connectivity index (χ1v) is 9.13. The molecule has 2 saturated carbocycles. The van der Waals surface area contributed by atoms with Crippen LogP contribution in [0.5, 0.6) is 0 Å². The van der Waals surface area contributed by atoms with Crippen LogP contribution in [0.2, 0.25) is 0 Å². The highest BCUT2D eigenvalue weighted by atomic mass is 16.2. The van der Waals surface area contributed by atoms with Crippen LogP contribution in [0.15, 0.2) is 0 Å². The second-order valence-corrected chi connectivity index (χ2v) is 7.76. The van der Waals surface area contributed by atoms with Crippen LogP contribution in [0.25, 0.3) is 0 Å². The zero-order valence-electron chi connectivity index (χ0n) is 13.9. The number of piperidine rings is 1. The van der Waals surface area contributed by atoms with Crippen molar-refractivity contribution in [3.8, 4) is 0 Å². The average molecular weight is 292 g/mol. The normalized spacial score (nSPS) is 36.5. The molecule has 0 aromatic heterocycles. The van der Waals surface area contributed by atoms with Crippen LogP contribution in [0.4, 0.5) is 0 Å². The molecule has 4 unspecified atom stereocenters. The van der Waals surface area contributed by atoms with Gasteiger partial charge in [-0.2, -0.15) is 0 Å². The SMILES string of the molecule is CN(C)CCCN1C(=O)C2CCCCC2C2CCCCC21. The first-order valence-electron chi connectivity index (χ1n) is 9.13. The third-order valence-electron chi connectivity index (χ3n) is 6.16. The van der Waals surface area contributed by atoms with Crippen LogP contribution < -0.4 is 0 Å². The Labute approximate surface area is 130 Å². The number of hydrogen-bond donors (Lipinski definition) is 0. The van der Waals surface area contributed by atoms with Gasteiger partial charge in [0, 0.05) is 18.5 Å². The molecule has 0 aromatic rings. The summed E-state index contributed by atoms with van der Waals surface area (Å²) in [7, 11) is 4.25. The highest BCUT2D eigenvalue weighted by molar-refractivity contribution is 5.80. The van der Waals surface area contributed by atoms with Gasteiger partial charge in [0.2, 0.25) is 5.91 Å². The minimum absolute atomic E-state index is 0.373. The third kappa shape index (κ3) is 3.13. The molecule has 3 rings (SSSR count). The van der Waals surface area contributed by atoms with E-state index < -0.39 is 0 Å². The van der Waals surface area contributed by atoms with Crippen molar-refractivity contribution < 1.29 is 4.79 Å². The molecular weight excluding hydrogens is 260 g/mol. The molecular formula is C18H32N2O. The summed E-state index contributed by atoms with van der Waals surface area (Å²) in [5.41, 5.74) is 0. The van der Waals surface area contributed by atoms with Crippen LogP contribution in [-0.4, -0.2) is 48.9 Å². The molecule has 1 saturated heterocycles. The maximum absolute atomic E-state index is 13.0. The molecule has 3 fully saturated rings. The van der Waals surface area contributed by atoms with Crippen molar-refractivity contribution >= 4 is 5.91 Å². The van der Waals surface area contributed by atoms with E-state index in [2.05, 4.69) is 23.9 Å². The molecule has 0 aromatic carbocycles. The van der Waals surface area contributed by atoms with Crippen LogP contribution >= 0.6 is 0 Å². The van der Waals surface area contributed by atoms with Gasteiger partial charge in [0.25, 0.3) is 0 Å². The van der Waals surface area contributed by atoms with Crippen molar-refractivity contribution in [1.82, 2.24) is 9.80 Å². The van der Waals surface area contributed by atoms with E-state index in [4.69, 9.17) is 0 Å². The first kappa shape index (κ1) is 15.3. The van der Waals surface area contributed by atoms with Crippen molar-refractivity contribution in [2.45, 2.75) is 63.8 Å². The molecule has 1 amide bonds. The summed E-state index contributed by atoms with van der Waals surface area (Å²) < 4.78 is 0. The Morgan fingerprint density at radius 3 is 2.43 bits per heavy atom. The van der Waals surface area contributed by atoms with Gasteiger partial charge in [-0.1, -0.05) is 25.7 Å². The number of rotatable bonds is 4. The second-order valence-electron chi connectivity index (χ2n) is 7.76. The number of hydrogen-bond acceptors (Lipinski definition) is 2. The molecule has 1 heterocycles. The predicted molar refractivity (Wildman–Crippen MR) is 86.1 cm³/mol. The van der Waals surface area contributed by atoms with Gasteiger partial charge in [0.1, 0.15) is 0 Å². The van der Waals surface area contributed by atoms with Gasteiger partial charge >= 0.3 is 0 Å². The smallest absolute Gasteiger partial charge is 0.226 e. The highest BCUT2D eigenvalue weighted by Gasteiger charge is 2.48. The fraction of sp³-hybridized carbons (Fsp3) is 0.944. The van der Waals surface area contributed by atoms with Gasteiger partial charge < -0.3 is 9.80 Å². The van der Waals surface area contributed by atoms with E-state index >= 15 is 0 Å². The summed E-state index contributed by atoms with van der Waals surface area (Å²) in [6.45, 7) is 2.08. The Morgan fingerprint density at radius 1 is 1.00 bits per heavy atom. The molecule has 0 N–H and O–H groups in total. The van der Waals surface area contributed by atoms with Gasteiger partial charge in [-0.15, -0.1) is 0 Å². The molecule has 21 heavy (non-hydrogen) atoms. The standard InChI is InChI=1S/C18H32N2O/c1-19(2)12-7-13-20-17-11-6-5-9-15(17)14-8-3-4-10-16(14)18(20)21/h14-17H,3-13H2,1-2H3. The molecule has 0 radical (unpaired) electrons. The van der Waals surface area contributed by atoms with Gasteiger partial charge in [0.15, 0.2) is 0 Å². The minimum Gasteiger partial charge on any atom is -0.339 e. The summed E-state index contributed by atoms with van der Waals surface area (Å²) in [5.74, 6) is 2.43. The molecule has 0 spiro atoms. The van der Waals surface area contributed by atoms with Crippen molar-refractivity contribution in [2.75, 3.05) is 27.2 Å². The van der Waals surface area contributed by atoms with Crippen LogP contribution in [-0.2, 0) is 4.79 Å². The number of nitrogens with zero attached hydrogens (tertiary/aromatic N) is 2. The van der Waals surface area contributed by atoms with Crippen LogP contribution in [0.3, 0.4) is 0 Å². The van der Waals surface area contributed by atoms with Crippen LogP contribution in [0, 0.1) is 17.8 Å². The molecule has 3 aliphatic rings. The molecule has 1 aliphatic heterocycles. The minimum atomic E-state index is 0.373. The largest absolute Gasteiger partial charge is 0.339 e. The van der Waals surface area contributed by atoms with E-state index in [1.54, 1.807) is 0 Å². The lowest BCUT2D eigenvalue weighted by atomic mass is 9.62. The van der Waals surface area contributed by atoms with E-state index in [0.717, 1.165) is 37.8 Å². The Morgan fingerprint density at radius 2 is 1.67 bits per heavy atom. The van der Waals surface area contributed by atoms with Gasteiger partial charge in [0.05, 0.1) is 0 Å². The van der Waals surface area contributed by atoms with E-state index in [1.807, 2.05) is 0 Å². The molecule has 0 bridgehead atoms. The Kier molecular flexibility index (Phi) is 4.88. The quantitative estimate of drug-likeness (QED) is 0.794. The number of carbonyl (C=O) groups is 1. The maximum atomic E-state index is 13.0. The lowest BCUT2D eigenvalue weighted by molar-refractivity contribution is -0.154. The lowest BCUT2D eigenvalue weighted by Crippen LogP contribution is -2.58. The third-order valence-corrected chi connectivity index (χ3v) is 6.16. The highest BCUT2D eigenvalue weighted by Crippen LogP contribution is 2.47. The second kappa shape index (κ2) is 6.68. The summed E-state index contributed by atoms with van der Waals surface area (Å²) in [4.78, 5) is 17.6. The zero-order chi connectivity index (χ0) is 14.8. The van der Waals surface area contributed by atoms with Gasteiger partial charge in [-0.05, 0) is 64.6 Å². The van der Waals surface area contributed by atoms with Crippen molar-refractivity contribution in [2.24, 2.45) is 17.8 Å². The summed E-state index contributed by atoms with van der Waals surface area (Å²) >= 11 is 0. The molecule has 4 atom stereocenters. The van der Waals surface area contributed by atoms with E-state index in [-0.39, 0.29) is 0 Å². The van der Waals surface area contributed by atoms with Crippen LogP contribution in [0.1, 0.15) is 57.8 Å². The van der Waals surface area contributed by atoms with E-state index in [1.165, 1.54) is 44.9 Å². The molecule has 2 aliphatic carbocycles. The van der Waals surface area contributed by atoms with Gasteiger partial charge in [-0.3, -0.25) is 4.79 Å². The first-order chi connectivity index (χ1) is 10.2. The van der Waals surface area contributed by atoms with Gasteiger partial charge in [-0.25, -0.2) is 0 Å². The van der Waals surface area contributed by atoms with E-state index in [0.29, 0.717) is 17.9 Å². The molecule has 3 nitrogen and oxygen atoms in total. The number of fused-ring (bicyclic) bond motifs is 3. The summed E-state index contributed by atoms with van der Waals surface area (Å²) in [6.07, 6.45) is 11.6. The molecule has 3 heteroatoms. The zero-order valence-corrected chi connectivity index (χ0v) is 13.9. The molecule has 120 valence electrons. The number of likely N-dealkylation sites (tertiary alicyclic amines) is 1. The van der Waals surface area contributed by atoms with Crippen molar-refractivity contribution in [1.29, 1.82) is 0 Å². The number of amides is 1. The fourth-order valence-electron chi connectivity index (χ4n) is 5.21. The number of carbonyl (C=O) groups excluding carboxylic acids is 1. The summed E-state index contributed by atoms with van der Waals surface area (Å²) in [6, 6.07) is 0.577. The Hall–Kier alpha value is -0.570. The fourth-order valence-corrected chi connectivity index (χ4v) is 5.21. The average Bonchev–Trinajstić information content (AvgIpc) is 2.50. The summed E-state index contributed by atoms with van der Waals surface area (Å²) in [5, 5.41) is 0. The predicted octanol–water partition coefficient (Wildman–Crippen LogP) is 3.15. The Bertz CT molecular complexity index is 368. The monoisotopic (exact) mass is 292 g/mol. The van der Waals surface area contributed by atoms with Crippen molar-refractivity contribution in [3.05, 3.63) is 0 Å². The Balaban J connectivity index is 1.72.